The van der Waals surface area contributed by atoms with Crippen molar-refractivity contribution >= 4 is 34.1 Å². The topological polar surface area (TPSA) is 114 Å². The van der Waals surface area contributed by atoms with Gasteiger partial charge in [0.25, 0.3) is 11.8 Å². The number of thiophene rings is 1. The fourth-order valence-electron chi connectivity index (χ4n) is 3.86. The number of unbranched alkanes of at least 4 members (excludes halogenated alkanes) is 1. The summed E-state index contributed by atoms with van der Waals surface area (Å²) in [6, 6.07) is 16.8. The number of carboxylic acids is 1. The standard InChI is InChI=1S/C28H28N2O6S/c1-2-3-9-21-15-22(27(37-21)30-25(31)19-10-12-20(13-11-19)28(33)34)26(32)29-23(24-16-35-17-36-24)14-18-7-5-4-6-8-18/h4-8,10-13,15-16,23H,2-3,9,14,17H2,1H3,(H,29,32)(H,30,31)(H,33,34). The van der Waals surface area contributed by atoms with Crippen LogP contribution in [0.15, 0.2) is 72.7 Å². The maximum Gasteiger partial charge on any atom is 0.335 e. The van der Waals surface area contributed by atoms with Crippen molar-refractivity contribution in [2.45, 2.75) is 38.6 Å². The Bertz CT molecular complexity index is 1280. The number of rotatable bonds is 11. The second-order valence-corrected chi connectivity index (χ2v) is 9.70. The number of hydrogen-bond acceptors (Lipinski definition) is 6. The van der Waals surface area contributed by atoms with Gasteiger partial charge in [0.2, 0.25) is 6.79 Å². The van der Waals surface area contributed by atoms with E-state index in [1.807, 2.05) is 36.4 Å². The van der Waals surface area contributed by atoms with Crippen molar-refractivity contribution in [3.05, 3.63) is 99.8 Å². The summed E-state index contributed by atoms with van der Waals surface area (Å²) in [5.41, 5.74) is 1.77. The van der Waals surface area contributed by atoms with Crippen molar-refractivity contribution in [2.75, 3.05) is 12.1 Å². The van der Waals surface area contributed by atoms with Crippen LogP contribution in [0.2, 0.25) is 0 Å². The molecule has 0 saturated carbocycles. The lowest BCUT2D eigenvalue weighted by molar-refractivity contribution is 0.0696. The summed E-state index contributed by atoms with van der Waals surface area (Å²) >= 11 is 1.36. The van der Waals surface area contributed by atoms with Crippen LogP contribution >= 0.6 is 11.3 Å². The van der Waals surface area contributed by atoms with E-state index in [9.17, 15) is 14.4 Å². The first-order chi connectivity index (χ1) is 17.9. The molecule has 2 aromatic carbocycles. The summed E-state index contributed by atoms with van der Waals surface area (Å²) < 4.78 is 10.8. The summed E-state index contributed by atoms with van der Waals surface area (Å²) in [4.78, 5) is 38.5. The van der Waals surface area contributed by atoms with Crippen molar-refractivity contribution in [1.29, 1.82) is 0 Å². The third kappa shape index (κ3) is 6.77. The number of nitrogens with one attached hydrogen (secondary N) is 2. The average molecular weight is 521 g/mol. The third-order valence-corrected chi connectivity index (χ3v) is 6.96. The molecular formula is C28H28N2O6S. The summed E-state index contributed by atoms with van der Waals surface area (Å²) in [5.74, 6) is -1.30. The van der Waals surface area contributed by atoms with Crippen LogP contribution < -0.4 is 10.6 Å². The molecule has 1 atom stereocenters. The normalized spacial score (nSPS) is 13.2. The molecule has 1 aliphatic rings. The number of carbonyl (C=O) groups excluding carboxylic acids is 2. The van der Waals surface area contributed by atoms with Gasteiger partial charge >= 0.3 is 5.97 Å². The molecule has 2 amide bonds. The van der Waals surface area contributed by atoms with E-state index in [1.165, 1.54) is 41.9 Å². The van der Waals surface area contributed by atoms with Crippen molar-refractivity contribution < 1.29 is 29.0 Å². The second kappa shape index (κ2) is 12.2. The number of anilines is 1. The molecule has 0 radical (unpaired) electrons. The molecule has 0 aliphatic carbocycles. The number of amides is 2. The van der Waals surface area contributed by atoms with Gasteiger partial charge in [0.15, 0.2) is 5.76 Å². The summed E-state index contributed by atoms with van der Waals surface area (Å²) in [6.07, 6.45) is 4.77. The highest BCUT2D eigenvalue weighted by Crippen LogP contribution is 2.30. The predicted molar refractivity (Wildman–Crippen MR) is 141 cm³/mol. The van der Waals surface area contributed by atoms with E-state index >= 15 is 0 Å². The smallest absolute Gasteiger partial charge is 0.335 e. The lowest BCUT2D eigenvalue weighted by Crippen LogP contribution is -2.38. The first-order valence-electron chi connectivity index (χ1n) is 12.0. The lowest BCUT2D eigenvalue weighted by atomic mass is 10.0. The van der Waals surface area contributed by atoms with Crippen LogP contribution in [0.5, 0.6) is 0 Å². The summed E-state index contributed by atoms with van der Waals surface area (Å²) in [7, 11) is 0. The van der Waals surface area contributed by atoms with E-state index in [-0.39, 0.29) is 18.3 Å². The molecular weight excluding hydrogens is 492 g/mol. The maximum atomic E-state index is 13.5. The summed E-state index contributed by atoms with van der Waals surface area (Å²) in [5, 5.41) is 15.4. The number of benzene rings is 2. The van der Waals surface area contributed by atoms with Crippen LogP contribution in [0.3, 0.4) is 0 Å². The zero-order valence-electron chi connectivity index (χ0n) is 20.4. The second-order valence-electron chi connectivity index (χ2n) is 8.56. The minimum atomic E-state index is -1.07. The van der Waals surface area contributed by atoms with E-state index in [0.29, 0.717) is 28.3 Å². The van der Waals surface area contributed by atoms with Gasteiger partial charge in [0.1, 0.15) is 11.3 Å². The van der Waals surface area contributed by atoms with Gasteiger partial charge in [-0.3, -0.25) is 9.59 Å². The molecule has 4 rings (SSSR count). The quantitative estimate of drug-likeness (QED) is 0.319. The minimum Gasteiger partial charge on any atom is -0.478 e. The van der Waals surface area contributed by atoms with Crippen LogP contribution in [-0.2, 0) is 22.3 Å². The molecule has 0 spiro atoms. The average Bonchev–Trinajstić information content (AvgIpc) is 3.58. The van der Waals surface area contributed by atoms with E-state index in [4.69, 9.17) is 14.6 Å². The Hall–Kier alpha value is -4.11. The fourth-order valence-corrected chi connectivity index (χ4v) is 4.95. The Balaban J connectivity index is 1.56. The van der Waals surface area contributed by atoms with E-state index in [0.717, 1.165) is 29.7 Å². The van der Waals surface area contributed by atoms with Crippen LogP contribution in [0.4, 0.5) is 5.00 Å². The Morgan fingerprint density at radius 2 is 1.76 bits per heavy atom. The van der Waals surface area contributed by atoms with Crippen molar-refractivity contribution in [3.8, 4) is 0 Å². The number of aryl methyl sites for hydroxylation is 1. The molecule has 0 bridgehead atoms. The molecule has 0 fully saturated rings. The van der Waals surface area contributed by atoms with Gasteiger partial charge in [0, 0.05) is 16.9 Å². The largest absolute Gasteiger partial charge is 0.478 e. The molecule has 2 heterocycles. The van der Waals surface area contributed by atoms with Gasteiger partial charge in [-0.2, -0.15) is 0 Å². The van der Waals surface area contributed by atoms with Crippen molar-refractivity contribution in [3.63, 3.8) is 0 Å². The highest BCUT2D eigenvalue weighted by atomic mass is 32.1. The Morgan fingerprint density at radius 1 is 1.03 bits per heavy atom. The molecule has 0 saturated heterocycles. The first-order valence-corrected chi connectivity index (χ1v) is 12.8. The molecule has 1 aromatic heterocycles. The number of carboxylic acid groups (broad SMARTS) is 1. The number of hydrogen-bond donors (Lipinski definition) is 3. The predicted octanol–water partition coefficient (Wildman–Crippen LogP) is 5.23. The highest BCUT2D eigenvalue weighted by molar-refractivity contribution is 7.16. The SMILES string of the molecule is CCCCc1cc(C(=O)NC(Cc2ccccc2)C2=COCO2)c(NC(=O)c2ccc(C(=O)O)cc2)s1. The van der Waals surface area contributed by atoms with E-state index < -0.39 is 17.9 Å². The van der Waals surface area contributed by atoms with Crippen LogP contribution in [0, 0.1) is 0 Å². The highest BCUT2D eigenvalue weighted by Gasteiger charge is 2.26. The molecule has 9 heteroatoms. The Morgan fingerprint density at radius 3 is 2.41 bits per heavy atom. The van der Waals surface area contributed by atoms with Crippen LogP contribution in [0.25, 0.3) is 0 Å². The number of aromatic carboxylic acids is 1. The van der Waals surface area contributed by atoms with Crippen LogP contribution in [0.1, 0.15) is 61.3 Å². The lowest BCUT2D eigenvalue weighted by Gasteiger charge is -2.19. The fraction of sp³-hybridized carbons (Fsp3) is 0.250. The molecule has 1 unspecified atom stereocenters. The molecule has 37 heavy (non-hydrogen) atoms. The number of carbonyl (C=O) groups is 3. The zero-order valence-corrected chi connectivity index (χ0v) is 21.2. The monoisotopic (exact) mass is 520 g/mol. The van der Waals surface area contributed by atoms with E-state index in [2.05, 4.69) is 17.6 Å². The maximum absolute atomic E-state index is 13.5. The molecule has 192 valence electrons. The van der Waals surface area contributed by atoms with Gasteiger partial charge in [-0.15, -0.1) is 11.3 Å². The zero-order chi connectivity index (χ0) is 26.2. The minimum absolute atomic E-state index is 0.0893. The van der Waals surface area contributed by atoms with Gasteiger partial charge < -0.3 is 25.2 Å². The molecule has 1 aliphatic heterocycles. The van der Waals surface area contributed by atoms with Gasteiger partial charge in [-0.1, -0.05) is 43.7 Å². The first kappa shape index (κ1) is 26.0. The van der Waals surface area contributed by atoms with Crippen molar-refractivity contribution in [2.24, 2.45) is 0 Å². The third-order valence-electron chi connectivity index (χ3n) is 5.85. The molecule has 3 aromatic rings. The molecule has 8 nitrogen and oxygen atoms in total. The van der Waals surface area contributed by atoms with Gasteiger partial charge in [0.05, 0.1) is 17.2 Å². The van der Waals surface area contributed by atoms with Crippen molar-refractivity contribution in [1.82, 2.24) is 5.32 Å². The number of ether oxygens (including phenoxy) is 2. The van der Waals surface area contributed by atoms with Crippen LogP contribution in [-0.4, -0.2) is 35.7 Å². The Kier molecular flexibility index (Phi) is 8.58. The van der Waals surface area contributed by atoms with E-state index in [1.54, 1.807) is 0 Å². The van der Waals surface area contributed by atoms with Gasteiger partial charge in [-0.25, -0.2) is 4.79 Å². The summed E-state index contributed by atoms with van der Waals surface area (Å²) in [6.45, 7) is 2.19. The Labute approximate surface area is 218 Å². The molecule has 3 N–H and O–H groups in total. The van der Waals surface area contributed by atoms with Gasteiger partial charge in [-0.05, 0) is 48.7 Å².